The Morgan fingerprint density at radius 1 is 0.826 bits per heavy atom. The molecule has 0 atom stereocenters. The highest BCUT2D eigenvalue weighted by atomic mass is 16.4. The van der Waals surface area contributed by atoms with E-state index in [0.29, 0.717) is 23.0 Å². The van der Waals surface area contributed by atoms with Crippen LogP contribution in [0.25, 0.3) is 12.2 Å². The smallest absolute Gasteiger partial charge is 0.163 e. The lowest BCUT2D eigenvalue weighted by Gasteiger charge is -1.91. The van der Waals surface area contributed by atoms with Crippen LogP contribution in [0.5, 0.6) is 0 Å². The van der Waals surface area contributed by atoms with Gasteiger partial charge in [0.2, 0.25) is 0 Å². The summed E-state index contributed by atoms with van der Waals surface area (Å²) < 4.78 is 10.4. The first-order valence-electron chi connectivity index (χ1n) is 6.91. The van der Waals surface area contributed by atoms with Crippen molar-refractivity contribution in [1.29, 1.82) is 0 Å². The number of rotatable bonds is 8. The Kier molecular flexibility index (Phi) is 5.85. The van der Waals surface area contributed by atoms with E-state index < -0.39 is 0 Å². The van der Waals surface area contributed by atoms with Crippen LogP contribution in [0.1, 0.15) is 29.5 Å². The molecule has 0 aromatic carbocycles. The summed E-state index contributed by atoms with van der Waals surface area (Å²) >= 11 is 0. The summed E-state index contributed by atoms with van der Waals surface area (Å²) in [7, 11) is 0. The van der Waals surface area contributed by atoms with Crippen LogP contribution in [0.4, 0.5) is 0 Å². The first kappa shape index (κ1) is 16.7. The van der Waals surface area contributed by atoms with Gasteiger partial charge in [-0.25, -0.2) is 0 Å². The van der Waals surface area contributed by atoms with Crippen molar-refractivity contribution in [2.45, 2.75) is 19.6 Å². The molecule has 120 valence electrons. The van der Waals surface area contributed by atoms with Gasteiger partial charge in [0, 0.05) is 0 Å². The molecule has 6 heteroatoms. The molecule has 2 heterocycles. The van der Waals surface area contributed by atoms with Crippen LogP contribution in [0.3, 0.4) is 0 Å². The summed E-state index contributed by atoms with van der Waals surface area (Å²) in [5.41, 5.74) is 0. The number of aliphatic hydroxyl groups is 2. The minimum absolute atomic E-state index is 0.212. The van der Waals surface area contributed by atoms with E-state index in [1.807, 2.05) is 0 Å². The van der Waals surface area contributed by atoms with Gasteiger partial charge in [0.25, 0.3) is 0 Å². The maximum Gasteiger partial charge on any atom is 0.163 e. The van der Waals surface area contributed by atoms with E-state index in [-0.39, 0.29) is 31.2 Å². The van der Waals surface area contributed by atoms with Crippen molar-refractivity contribution < 1.29 is 28.6 Å². The Hall–Kier alpha value is -2.70. The maximum absolute atomic E-state index is 11.7. The number of carbonyl (C=O) groups is 2. The quantitative estimate of drug-likeness (QED) is 0.571. The van der Waals surface area contributed by atoms with Gasteiger partial charge in [-0.15, -0.1) is 0 Å². The molecule has 0 fully saturated rings. The maximum atomic E-state index is 11.7. The Labute approximate surface area is 132 Å². The molecule has 0 aliphatic rings. The van der Waals surface area contributed by atoms with Gasteiger partial charge in [-0.05, 0) is 48.6 Å². The Balaban J connectivity index is 1.85. The molecule has 0 amide bonds. The van der Waals surface area contributed by atoms with Gasteiger partial charge >= 0.3 is 0 Å². The lowest BCUT2D eigenvalue weighted by Crippen LogP contribution is -2.01. The van der Waals surface area contributed by atoms with E-state index in [4.69, 9.17) is 19.0 Å². The molecule has 0 aliphatic heterocycles. The van der Waals surface area contributed by atoms with Crippen molar-refractivity contribution >= 4 is 23.7 Å². The lowest BCUT2D eigenvalue weighted by molar-refractivity contribution is -0.121. The number of hydrogen-bond donors (Lipinski definition) is 2. The summed E-state index contributed by atoms with van der Waals surface area (Å²) in [5, 5.41) is 17.7. The summed E-state index contributed by atoms with van der Waals surface area (Å²) in [6.07, 6.45) is 5.12. The highest BCUT2D eigenvalue weighted by Crippen LogP contribution is 2.11. The van der Waals surface area contributed by atoms with Crippen LogP contribution < -0.4 is 0 Å². The third-order valence-corrected chi connectivity index (χ3v) is 2.89. The fraction of sp³-hybridized carbons (Fsp3) is 0.176. The summed E-state index contributed by atoms with van der Waals surface area (Å²) in [4.78, 5) is 23.4. The van der Waals surface area contributed by atoms with E-state index in [9.17, 15) is 9.59 Å². The summed E-state index contributed by atoms with van der Waals surface area (Å²) in [6.45, 7) is -0.425. The Morgan fingerprint density at radius 3 is 1.61 bits per heavy atom. The van der Waals surface area contributed by atoms with E-state index in [2.05, 4.69) is 0 Å². The van der Waals surface area contributed by atoms with Gasteiger partial charge in [0.05, 0.1) is 6.42 Å². The molecule has 2 N–H and O–H groups in total. The molecule has 0 aliphatic carbocycles. The van der Waals surface area contributed by atoms with Crippen LogP contribution in [0, 0.1) is 0 Å². The third-order valence-electron chi connectivity index (χ3n) is 2.89. The van der Waals surface area contributed by atoms with Crippen LogP contribution in [0.2, 0.25) is 0 Å². The van der Waals surface area contributed by atoms with Crippen molar-refractivity contribution in [3.8, 4) is 0 Å². The molecule has 6 nitrogen and oxygen atoms in total. The molecule has 2 aromatic heterocycles. The molecule has 0 saturated carbocycles. The van der Waals surface area contributed by atoms with Crippen LogP contribution in [-0.2, 0) is 22.8 Å². The topological polar surface area (TPSA) is 101 Å². The van der Waals surface area contributed by atoms with E-state index in [0.717, 1.165) is 0 Å². The molecular formula is C17H16O6. The van der Waals surface area contributed by atoms with Crippen LogP contribution >= 0.6 is 0 Å². The fourth-order valence-electron chi connectivity index (χ4n) is 1.78. The molecule has 0 saturated heterocycles. The van der Waals surface area contributed by atoms with Crippen LogP contribution in [-0.4, -0.2) is 21.8 Å². The number of aliphatic hydroxyl groups excluding tert-OH is 2. The van der Waals surface area contributed by atoms with Gasteiger partial charge < -0.3 is 19.0 Å². The molecule has 0 unspecified atom stereocenters. The molecule has 23 heavy (non-hydrogen) atoms. The van der Waals surface area contributed by atoms with Crippen molar-refractivity contribution in [1.82, 2.24) is 0 Å². The Bertz CT molecular complexity index is 670. The van der Waals surface area contributed by atoms with Crippen molar-refractivity contribution in [3.63, 3.8) is 0 Å². The van der Waals surface area contributed by atoms with Gasteiger partial charge in [0.1, 0.15) is 36.3 Å². The van der Waals surface area contributed by atoms with E-state index >= 15 is 0 Å². The van der Waals surface area contributed by atoms with Gasteiger partial charge in [-0.1, -0.05) is 0 Å². The molecule has 0 bridgehead atoms. The van der Waals surface area contributed by atoms with Gasteiger partial charge in [0.15, 0.2) is 11.6 Å². The molecule has 0 spiro atoms. The van der Waals surface area contributed by atoms with E-state index in [1.54, 1.807) is 24.3 Å². The number of ketones is 2. The normalized spacial score (nSPS) is 11.6. The lowest BCUT2D eigenvalue weighted by atomic mass is 10.1. The fourth-order valence-corrected chi connectivity index (χ4v) is 1.78. The first-order valence-corrected chi connectivity index (χ1v) is 6.91. The predicted octanol–water partition coefficient (Wildman–Crippen LogP) is 2.11. The number of furan rings is 2. The predicted molar refractivity (Wildman–Crippen MR) is 82.0 cm³/mol. The summed E-state index contributed by atoms with van der Waals surface area (Å²) in [5.74, 6) is 0.929. The molecule has 2 rings (SSSR count). The van der Waals surface area contributed by atoms with Crippen LogP contribution in [0.15, 0.2) is 45.3 Å². The monoisotopic (exact) mass is 316 g/mol. The standard InChI is InChI=1S/C17H16O6/c18-10-16-7-5-14(22-16)3-1-12(20)9-13(21)2-4-15-6-8-17(11-19)23-15/h1-8,18-19H,9-11H2. The van der Waals surface area contributed by atoms with Gasteiger partial charge in [-0.3, -0.25) is 9.59 Å². The number of hydrogen-bond acceptors (Lipinski definition) is 6. The minimum Gasteiger partial charge on any atom is -0.459 e. The first-order chi connectivity index (χ1) is 11.1. The van der Waals surface area contributed by atoms with Crippen molar-refractivity contribution in [2.24, 2.45) is 0 Å². The second-order valence-electron chi connectivity index (χ2n) is 4.70. The molecule has 0 radical (unpaired) electrons. The Morgan fingerprint density at radius 2 is 1.26 bits per heavy atom. The highest BCUT2D eigenvalue weighted by Gasteiger charge is 2.05. The summed E-state index contributed by atoms with van der Waals surface area (Å²) in [6, 6.07) is 6.43. The number of allylic oxidation sites excluding steroid dienone is 2. The second-order valence-corrected chi connectivity index (χ2v) is 4.70. The molecular weight excluding hydrogens is 300 g/mol. The molecule has 2 aromatic rings. The van der Waals surface area contributed by atoms with Gasteiger partial charge in [-0.2, -0.15) is 0 Å². The average molecular weight is 316 g/mol. The number of carbonyl (C=O) groups excluding carboxylic acids is 2. The zero-order chi connectivity index (χ0) is 16.7. The second kappa shape index (κ2) is 8.07. The highest BCUT2D eigenvalue weighted by molar-refractivity contribution is 6.10. The zero-order valence-electron chi connectivity index (χ0n) is 12.3. The zero-order valence-corrected chi connectivity index (χ0v) is 12.3. The third kappa shape index (κ3) is 5.21. The van der Waals surface area contributed by atoms with Crippen molar-refractivity contribution in [2.75, 3.05) is 0 Å². The SMILES string of the molecule is O=C(C=Cc1ccc(CO)o1)CC(=O)C=Cc1ccc(CO)o1. The van der Waals surface area contributed by atoms with E-state index in [1.165, 1.54) is 24.3 Å². The largest absolute Gasteiger partial charge is 0.459 e. The van der Waals surface area contributed by atoms with Crippen molar-refractivity contribution in [3.05, 3.63) is 59.5 Å². The average Bonchev–Trinajstić information content (AvgIpc) is 3.19. The minimum atomic E-state index is -0.364.